The predicted molar refractivity (Wildman–Crippen MR) is 44.5 cm³/mol. The van der Waals surface area contributed by atoms with Gasteiger partial charge in [0.25, 0.3) is 0 Å². The van der Waals surface area contributed by atoms with Crippen molar-refractivity contribution in [2.75, 3.05) is 0 Å². The Morgan fingerprint density at radius 2 is 1.73 bits per heavy atom. The zero-order chi connectivity index (χ0) is 8.10. The van der Waals surface area contributed by atoms with Crippen LogP contribution in [0.4, 0.5) is 0 Å². The van der Waals surface area contributed by atoms with E-state index in [1.807, 2.05) is 0 Å². The highest BCUT2D eigenvalue weighted by molar-refractivity contribution is 5.26. The molecule has 2 heteroatoms. The molecule has 1 rings (SSSR count). The summed E-state index contributed by atoms with van der Waals surface area (Å²) in [5.74, 6) is 0. The third-order valence-electron chi connectivity index (χ3n) is 2.15. The summed E-state index contributed by atoms with van der Waals surface area (Å²) in [4.78, 5) is 0. The summed E-state index contributed by atoms with van der Waals surface area (Å²) in [5.41, 5.74) is 7.37. The van der Waals surface area contributed by atoms with Gasteiger partial charge in [-0.1, -0.05) is 12.8 Å². The van der Waals surface area contributed by atoms with Gasteiger partial charge in [0, 0.05) is 11.3 Å². The Balaban J connectivity index is 2.65. The zero-order valence-corrected chi connectivity index (χ0v) is 6.77. The number of hydrogen-bond acceptors (Lipinski definition) is 2. The highest BCUT2D eigenvalue weighted by Crippen LogP contribution is 2.19. The molecule has 2 N–H and O–H groups in total. The molecule has 0 spiro atoms. The van der Waals surface area contributed by atoms with Gasteiger partial charge in [-0.2, -0.15) is 5.26 Å². The molecule has 0 unspecified atom stereocenters. The van der Waals surface area contributed by atoms with Gasteiger partial charge in [-0.15, -0.1) is 0 Å². The summed E-state index contributed by atoms with van der Waals surface area (Å²) in [6, 6.07) is 2.18. The van der Waals surface area contributed by atoms with E-state index in [1.54, 1.807) is 0 Å². The first-order chi connectivity index (χ1) is 5.34. The Hall–Kier alpha value is -0.970. The summed E-state index contributed by atoms with van der Waals surface area (Å²) in [6.07, 6.45) is 6.60. The maximum absolute atomic E-state index is 8.69. The van der Waals surface area contributed by atoms with Gasteiger partial charge in [0.05, 0.1) is 6.07 Å². The second kappa shape index (κ2) is 4.02. The van der Waals surface area contributed by atoms with Crippen molar-refractivity contribution in [1.29, 1.82) is 5.26 Å². The number of allylic oxidation sites excluding steroid dienone is 2. The Morgan fingerprint density at radius 1 is 1.09 bits per heavy atom. The number of nitrogens with zero attached hydrogens (tertiary/aromatic N) is 1. The molecule has 0 aromatic carbocycles. The summed E-state index contributed by atoms with van der Waals surface area (Å²) < 4.78 is 0. The molecule has 0 saturated heterocycles. The molecule has 1 aliphatic carbocycles. The Morgan fingerprint density at radius 3 is 2.36 bits per heavy atom. The van der Waals surface area contributed by atoms with Crippen molar-refractivity contribution in [1.82, 2.24) is 0 Å². The van der Waals surface area contributed by atoms with E-state index in [0.29, 0.717) is 0 Å². The molecule has 0 fully saturated rings. The standard InChI is InChI=1S/C9H14N2/c10-7-8-5-3-1-2-4-6-9(8)11/h1-6,11H2. The van der Waals surface area contributed by atoms with Gasteiger partial charge in [-0.25, -0.2) is 0 Å². The first-order valence-corrected chi connectivity index (χ1v) is 4.22. The number of hydrogen-bond donors (Lipinski definition) is 1. The van der Waals surface area contributed by atoms with Crippen LogP contribution in [0.5, 0.6) is 0 Å². The third kappa shape index (κ3) is 2.27. The summed E-state index contributed by atoms with van der Waals surface area (Å²) in [7, 11) is 0. The lowest BCUT2D eigenvalue weighted by molar-refractivity contribution is 0.614. The van der Waals surface area contributed by atoms with Gasteiger partial charge in [-0.05, 0) is 25.7 Å². The van der Waals surface area contributed by atoms with Crippen LogP contribution in [0.3, 0.4) is 0 Å². The van der Waals surface area contributed by atoms with E-state index in [-0.39, 0.29) is 0 Å². The highest BCUT2D eigenvalue weighted by Gasteiger charge is 2.05. The van der Waals surface area contributed by atoms with Crippen LogP contribution in [-0.2, 0) is 0 Å². The van der Waals surface area contributed by atoms with Gasteiger partial charge in [0.15, 0.2) is 0 Å². The molecule has 1 aliphatic rings. The monoisotopic (exact) mass is 150 g/mol. The van der Waals surface area contributed by atoms with Crippen LogP contribution in [-0.4, -0.2) is 0 Å². The van der Waals surface area contributed by atoms with Crippen LogP contribution >= 0.6 is 0 Å². The average molecular weight is 150 g/mol. The fourth-order valence-corrected chi connectivity index (χ4v) is 1.41. The fraction of sp³-hybridized carbons (Fsp3) is 0.667. The van der Waals surface area contributed by atoms with Crippen LogP contribution in [0.25, 0.3) is 0 Å². The maximum atomic E-state index is 8.69. The van der Waals surface area contributed by atoms with Crippen molar-refractivity contribution in [3.05, 3.63) is 11.3 Å². The topological polar surface area (TPSA) is 49.8 Å². The smallest absolute Gasteiger partial charge is 0.0965 e. The maximum Gasteiger partial charge on any atom is 0.0965 e. The minimum absolute atomic E-state index is 0.824. The van der Waals surface area contributed by atoms with Gasteiger partial charge in [0.1, 0.15) is 0 Å². The second-order valence-electron chi connectivity index (χ2n) is 3.03. The van der Waals surface area contributed by atoms with Crippen molar-refractivity contribution in [2.24, 2.45) is 5.73 Å². The first kappa shape index (κ1) is 8.13. The van der Waals surface area contributed by atoms with E-state index < -0.39 is 0 Å². The van der Waals surface area contributed by atoms with E-state index in [0.717, 1.165) is 37.0 Å². The SMILES string of the molecule is N#CC1=C(N)CCCCCC1. The number of nitriles is 1. The Bertz CT molecular complexity index is 198. The Labute approximate surface area is 67.7 Å². The summed E-state index contributed by atoms with van der Waals surface area (Å²) in [6.45, 7) is 0. The zero-order valence-electron chi connectivity index (χ0n) is 6.77. The number of rotatable bonds is 0. The highest BCUT2D eigenvalue weighted by atomic mass is 14.6. The normalized spacial score (nSPS) is 20.3. The van der Waals surface area contributed by atoms with Crippen molar-refractivity contribution < 1.29 is 0 Å². The van der Waals surface area contributed by atoms with Crippen LogP contribution in [0.1, 0.15) is 38.5 Å². The van der Waals surface area contributed by atoms with Gasteiger partial charge >= 0.3 is 0 Å². The summed E-state index contributed by atoms with van der Waals surface area (Å²) in [5, 5.41) is 8.69. The number of nitrogens with two attached hydrogens (primary N) is 1. The molecule has 0 amide bonds. The minimum atomic E-state index is 0.824. The van der Waals surface area contributed by atoms with Crippen LogP contribution in [0.15, 0.2) is 11.3 Å². The van der Waals surface area contributed by atoms with E-state index in [2.05, 4.69) is 6.07 Å². The molecule has 60 valence electrons. The molecule has 0 aromatic heterocycles. The van der Waals surface area contributed by atoms with E-state index in [1.165, 1.54) is 12.8 Å². The quantitative estimate of drug-likeness (QED) is 0.574. The van der Waals surface area contributed by atoms with E-state index in [4.69, 9.17) is 11.0 Å². The van der Waals surface area contributed by atoms with Crippen molar-refractivity contribution in [3.8, 4) is 6.07 Å². The van der Waals surface area contributed by atoms with Crippen LogP contribution in [0.2, 0.25) is 0 Å². The molecule has 0 aromatic rings. The van der Waals surface area contributed by atoms with Crippen molar-refractivity contribution in [2.45, 2.75) is 38.5 Å². The molecule has 0 heterocycles. The van der Waals surface area contributed by atoms with Crippen molar-refractivity contribution >= 4 is 0 Å². The molecule has 11 heavy (non-hydrogen) atoms. The van der Waals surface area contributed by atoms with E-state index in [9.17, 15) is 0 Å². The molecule has 0 saturated carbocycles. The lowest BCUT2D eigenvalue weighted by Gasteiger charge is -2.09. The lowest BCUT2D eigenvalue weighted by Crippen LogP contribution is -2.04. The molecule has 0 aliphatic heterocycles. The molecular formula is C9H14N2. The summed E-state index contributed by atoms with van der Waals surface area (Å²) >= 11 is 0. The largest absolute Gasteiger partial charge is 0.401 e. The van der Waals surface area contributed by atoms with Gasteiger partial charge < -0.3 is 5.73 Å². The van der Waals surface area contributed by atoms with Crippen LogP contribution in [0, 0.1) is 11.3 Å². The lowest BCUT2D eigenvalue weighted by atomic mass is 9.99. The predicted octanol–water partition coefficient (Wildman–Crippen LogP) is 2.08. The van der Waals surface area contributed by atoms with Crippen molar-refractivity contribution in [3.63, 3.8) is 0 Å². The first-order valence-electron chi connectivity index (χ1n) is 4.22. The molecule has 0 bridgehead atoms. The van der Waals surface area contributed by atoms with Gasteiger partial charge in [-0.3, -0.25) is 0 Å². The minimum Gasteiger partial charge on any atom is -0.401 e. The molecule has 0 atom stereocenters. The molecular weight excluding hydrogens is 136 g/mol. The second-order valence-corrected chi connectivity index (χ2v) is 3.03. The molecule has 0 radical (unpaired) electrons. The van der Waals surface area contributed by atoms with Gasteiger partial charge in [0.2, 0.25) is 0 Å². The Kier molecular flexibility index (Phi) is 2.97. The molecule has 2 nitrogen and oxygen atoms in total. The van der Waals surface area contributed by atoms with Crippen LogP contribution < -0.4 is 5.73 Å². The van der Waals surface area contributed by atoms with E-state index >= 15 is 0 Å². The fourth-order valence-electron chi connectivity index (χ4n) is 1.41. The third-order valence-corrected chi connectivity index (χ3v) is 2.15. The average Bonchev–Trinajstić information content (AvgIpc) is 1.98.